The number of Topliss-reactive ketones (excluding diaryl/α,β-unsaturated/α-hetero) is 1. The minimum absolute atomic E-state index is 0.117. The Labute approximate surface area is 212 Å². The van der Waals surface area contributed by atoms with E-state index in [1.54, 1.807) is 12.0 Å². The first-order valence-electron chi connectivity index (χ1n) is 12.0. The molecule has 0 saturated carbocycles. The summed E-state index contributed by atoms with van der Waals surface area (Å²) in [5.41, 5.74) is 2.09. The van der Waals surface area contributed by atoms with Gasteiger partial charge in [-0.15, -0.1) is 0 Å². The third-order valence-corrected chi connectivity index (χ3v) is 6.74. The zero-order valence-electron chi connectivity index (χ0n) is 20.2. The number of benzene rings is 2. The molecule has 1 amide bonds. The van der Waals surface area contributed by atoms with Crippen LogP contribution in [0, 0.1) is 11.8 Å². The van der Waals surface area contributed by atoms with E-state index in [1.807, 2.05) is 54.6 Å². The van der Waals surface area contributed by atoms with Crippen LogP contribution in [0.4, 0.5) is 4.79 Å². The van der Waals surface area contributed by atoms with Crippen molar-refractivity contribution in [2.75, 3.05) is 19.5 Å². The Hall–Kier alpha value is -2.79. The van der Waals surface area contributed by atoms with Crippen molar-refractivity contribution < 1.29 is 24.2 Å². The summed E-state index contributed by atoms with van der Waals surface area (Å²) in [4.78, 5) is 26.5. The summed E-state index contributed by atoms with van der Waals surface area (Å²) in [6.07, 6.45) is 3.14. The minimum atomic E-state index is -0.560. The molecule has 0 unspecified atom stereocenters. The van der Waals surface area contributed by atoms with Crippen molar-refractivity contribution in [2.45, 2.75) is 57.4 Å². The SMILES string of the molecule is COc1ccc(CN2C(=O)SC[C@H]2C(=O)C#CC[C@H](O)CCCCCOCc2ccccc2)cc1. The lowest BCUT2D eigenvalue weighted by molar-refractivity contribution is -0.117. The maximum absolute atomic E-state index is 12.6. The van der Waals surface area contributed by atoms with Crippen LogP contribution < -0.4 is 4.74 Å². The van der Waals surface area contributed by atoms with E-state index in [2.05, 4.69) is 11.8 Å². The van der Waals surface area contributed by atoms with Crippen molar-refractivity contribution >= 4 is 22.8 Å². The number of nitrogens with zero attached hydrogens (tertiary/aromatic N) is 1. The first-order valence-corrected chi connectivity index (χ1v) is 12.9. The number of unbranched alkanes of at least 4 members (excludes halogenated alkanes) is 2. The Kier molecular flexibility index (Phi) is 11.2. The number of carbonyl (C=O) groups excluding carboxylic acids is 2. The summed E-state index contributed by atoms with van der Waals surface area (Å²) in [5, 5.41) is 10.1. The highest BCUT2D eigenvalue weighted by atomic mass is 32.2. The molecule has 0 spiro atoms. The second kappa shape index (κ2) is 14.6. The summed E-state index contributed by atoms with van der Waals surface area (Å²) in [5.74, 6) is 6.33. The van der Waals surface area contributed by atoms with Crippen molar-refractivity contribution in [3.05, 3.63) is 65.7 Å². The standard InChI is InChI=1S/C28H33NO5S/c1-33-25-16-14-22(15-17-25)19-29-26(21-35-28(29)32)27(31)13-8-12-24(30)11-6-3-7-18-34-20-23-9-4-2-5-10-23/h2,4-5,9-10,14-17,24,26,30H,3,6-7,11-12,18-21H2,1H3/t24-,26+/m1/s1. The van der Waals surface area contributed by atoms with Gasteiger partial charge in [-0.25, -0.2) is 0 Å². The van der Waals surface area contributed by atoms with Crippen molar-refractivity contribution in [3.8, 4) is 17.6 Å². The van der Waals surface area contributed by atoms with Gasteiger partial charge in [-0.2, -0.15) is 0 Å². The molecular weight excluding hydrogens is 462 g/mol. The monoisotopic (exact) mass is 495 g/mol. The fraction of sp³-hybridized carbons (Fsp3) is 0.429. The van der Waals surface area contributed by atoms with Crippen LogP contribution in [0.5, 0.6) is 5.75 Å². The lowest BCUT2D eigenvalue weighted by atomic mass is 10.1. The topological polar surface area (TPSA) is 76.1 Å². The van der Waals surface area contributed by atoms with Gasteiger partial charge in [-0.1, -0.05) is 73.0 Å². The Balaban J connectivity index is 1.33. The molecule has 7 heteroatoms. The number of aliphatic hydroxyl groups excluding tert-OH is 1. The molecule has 1 heterocycles. The number of rotatable bonds is 13. The minimum Gasteiger partial charge on any atom is -0.497 e. The van der Waals surface area contributed by atoms with Gasteiger partial charge >= 0.3 is 0 Å². The Morgan fingerprint density at radius 3 is 2.63 bits per heavy atom. The number of hydrogen-bond donors (Lipinski definition) is 1. The fourth-order valence-corrected chi connectivity index (χ4v) is 4.73. The average molecular weight is 496 g/mol. The molecule has 3 rings (SSSR count). The Morgan fingerprint density at radius 2 is 1.89 bits per heavy atom. The van der Waals surface area contributed by atoms with Crippen LogP contribution in [-0.4, -0.2) is 52.6 Å². The van der Waals surface area contributed by atoms with Crippen LogP contribution in [0.1, 0.15) is 43.2 Å². The number of thioether (sulfide) groups is 1. The maximum atomic E-state index is 12.6. The lowest BCUT2D eigenvalue weighted by Gasteiger charge is -2.21. The number of aliphatic hydroxyl groups is 1. The molecule has 1 N–H and O–H groups in total. The summed E-state index contributed by atoms with van der Waals surface area (Å²) in [7, 11) is 1.60. The molecule has 1 aliphatic rings. The van der Waals surface area contributed by atoms with E-state index in [1.165, 1.54) is 5.56 Å². The van der Waals surface area contributed by atoms with E-state index in [0.717, 1.165) is 42.3 Å². The van der Waals surface area contributed by atoms with Gasteiger partial charge in [0.25, 0.3) is 5.24 Å². The van der Waals surface area contributed by atoms with E-state index in [4.69, 9.17) is 9.47 Å². The molecule has 1 saturated heterocycles. The number of methoxy groups -OCH3 is 1. The molecule has 2 atom stereocenters. The Bertz CT molecular complexity index is 1000. The van der Waals surface area contributed by atoms with Gasteiger partial charge in [-0.05, 0) is 42.0 Å². The summed E-state index contributed by atoms with van der Waals surface area (Å²) < 4.78 is 10.8. The molecule has 0 aliphatic carbocycles. The first kappa shape index (κ1) is 26.8. The van der Waals surface area contributed by atoms with E-state index < -0.39 is 12.1 Å². The van der Waals surface area contributed by atoms with Crippen LogP contribution in [0.3, 0.4) is 0 Å². The highest BCUT2D eigenvalue weighted by Gasteiger charge is 2.36. The molecule has 1 aliphatic heterocycles. The predicted molar refractivity (Wildman–Crippen MR) is 138 cm³/mol. The van der Waals surface area contributed by atoms with Gasteiger partial charge in [0.15, 0.2) is 0 Å². The van der Waals surface area contributed by atoms with Crippen molar-refractivity contribution in [2.24, 2.45) is 0 Å². The number of hydrogen-bond acceptors (Lipinski definition) is 6. The molecule has 0 bridgehead atoms. The number of ketones is 1. The average Bonchev–Trinajstić information content (AvgIpc) is 3.24. The van der Waals surface area contributed by atoms with Crippen LogP contribution in [0.15, 0.2) is 54.6 Å². The van der Waals surface area contributed by atoms with Crippen LogP contribution in [0.2, 0.25) is 0 Å². The Morgan fingerprint density at radius 1 is 1.11 bits per heavy atom. The number of ether oxygens (including phenoxy) is 2. The number of amides is 1. The van der Waals surface area contributed by atoms with Gasteiger partial charge in [0.05, 0.1) is 19.8 Å². The molecule has 6 nitrogen and oxygen atoms in total. The van der Waals surface area contributed by atoms with Crippen LogP contribution >= 0.6 is 11.8 Å². The van der Waals surface area contributed by atoms with E-state index in [-0.39, 0.29) is 17.4 Å². The highest BCUT2D eigenvalue weighted by Crippen LogP contribution is 2.27. The van der Waals surface area contributed by atoms with Gasteiger partial charge < -0.3 is 19.5 Å². The van der Waals surface area contributed by atoms with E-state index in [0.29, 0.717) is 31.9 Å². The van der Waals surface area contributed by atoms with Gasteiger partial charge in [0.1, 0.15) is 11.8 Å². The molecule has 2 aromatic carbocycles. The van der Waals surface area contributed by atoms with Crippen LogP contribution in [-0.2, 0) is 22.7 Å². The zero-order chi connectivity index (χ0) is 24.9. The van der Waals surface area contributed by atoms with Crippen molar-refractivity contribution in [1.29, 1.82) is 0 Å². The molecule has 2 aromatic rings. The van der Waals surface area contributed by atoms with Gasteiger partial charge in [0, 0.05) is 25.3 Å². The third kappa shape index (κ3) is 9.06. The maximum Gasteiger partial charge on any atom is 0.282 e. The van der Waals surface area contributed by atoms with Gasteiger partial charge in [-0.3, -0.25) is 9.59 Å². The second-order valence-electron chi connectivity index (χ2n) is 8.48. The zero-order valence-corrected chi connectivity index (χ0v) is 21.0. The molecule has 0 aromatic heterocycles. The predicted octanol–water partition coefficient (Wildman–Crippen LogP) is 4.83. The van der Waals surface area contributed by atoms with Crippen molar-refractivity contribution in [3.63, 3.8) is 0 Å². The highest BCUT2D eigenvalue weighted by molar-refractivity contribution is 8.13. The smallest absolute Gasteiger partial charge is 0.282 e. The van der Waals surface area contributed by atoms with Crippen LogP contribution in [0.25, 0.3) is 0 Å². The summed E-state index contributed by atoms with van der Waals surface area (Å²) in [6.45, 7) is 1.67. The summed E-state index contributed by atoms with van der Waals surface area (Å²) in [6, 6.07) is 17.0. The fourth-order valence-electron chi connectivity index (χ4n) is 3.74. The van der Waals surface area contributed by atoms with Crippen molar-refractivity contribution in [1.82, 2.24) is 4.90 Å². The summed E-state index contributed by atoms with van der Waals surface area (Å²) >= 11 is 1.14. The largest absolute Gasteiger partial charge is 0.497 e. The number of carbonyl (C=O) groups is 2. The lowest BCUT2D eigenvalue weighted by Crippen LogP contribution is -2.38. The second-order valence-corrected chi connectivity index (χ2v) is 9.45. The molecule has 186 valence electrons. The molecular formula is C28H33NO5S. The quantitative estimate of drug-likeness (QED) is 0.244. The third-order valence-electron chi connectivity index (χ3n) is 5.78. The van der Waals surface area contributed by atoms with Gasteiger partial charge in [0.2, 0.25) is 5.78 Å². The first-order chi connectivity index (χ1) is 17.1. The van der Waals surface area contributed by atoms with E-state index >= 15 is 0 Å². The molecule has 35 heavy (non-hydrogen) atoms. The normalized spacial score (nSPS) is 16.0. The molecule has 0 radical (unpaired) electrons. The molecule has 1 fully saturated rings. The van der Waals surface area contributed by atoms with E-state index in [9.17, 15) is 14.7 Å².